The van der Waals surface area contributed by atoms with Gasteiger partial charge >= 0.3 is 5.97 Å². The standard InChI is InChI=1S/C16H22N2O4/c1-16(2,3)10-7-11(18-22-10)17-14(19)12-8-4-5-9(6-8)13(12)15(20)21/h7-9,12-13H,4-6H2,1-3H3,(H,20,21)(H,17,18,19)/t8-,9+,12-,13+/m1/s1. The molecule has 2 saturated carbocycles. The molecule has 0 spiro atoms. The molecule has 0 aliphatic heterocycles. The average molecular weight is 306 g/mol. The second-order valence-corrected chi connectivity index (χ2v) is 7.54. The Bertz CT molecular complexity index is 602. The van der Waals surface area contributed by atoms with Gasteiger partial charge in [0, 0.05) is 11.5 Å². The number of hydrogen-bond acceptors (Lipinski definition) is 4. The maximum atomic E-state index is 12.5. The van der Waals surface area contributed by atoms with Gasteiger partial charge in [0.1, 0.15) is 5.76 Å². The summed E-state index contributed by atoms with van der Waals surface area (Å²) >= 11 is 0. The van der Waals surface area contributed by atoms with Crippen LogP contribution >= 0.6 is 0 Å². The van der Waals surface area contributed by atoms with Crippen LogP contribution in [0, 0.1) is 23.7 Å². The Morgan fingerprint density at radius 2 is 1.91 bits per heavy atom. The van der Waals surface area contributed by atoms with Crippen molar-refractivity contribution in [1.82, 2.24) is 5.16 Å². The Morgan fingerprint density at radius 1 is 1.27 bits per heavy atom. The van der Waals surface area contributed by atoms with Crippen LogP contribution < -0.4 is 5.32 Å². The van der Waals surface area contributed by atoms with Crippen LogP contribution in [0.2, 0.25) is 0 Å². The number of carboxylic acids is 1. The fraction of sp³-hybridized carbons (Fsp3) is 0.688. The highest BCUT2D eigenvalue weighted by atomic mass is 16.5. The number of nitrogens with one attached hydrogen (secondary N) is 1. The van der Waals surface area contributed by atoms with E-state index in [2.05, 4.69) is 10.5 Å². The van der Waals surface area contributed by atoms with Crippen LogP contribution in [0.5, 0.6) is 0 Å². The summed E-state index contributed by atoms with van der Waals surface area (Å²) in [4.78, 5) is 24.0. The smallest absolute Gasteiger partial charge is 0.307 e. The summed E-state index contributed by atoms with van der Waals surface area (Å²) in [5.74, 6) is -0.747. The van der Waals surface area contributed by atoms with Gasteiger partial charge in [-0.3, -0.25) is 9.59 Å². The highest BCUT2D eigenvalue weighted by Crippen LogP contribution is 2.52. The lowest BCUT2D eigenvalue weighted by Gasteiger charge is -2.26. The molecular formula is C16H22N2O4. The summed E-state index contributed by atoms with van der Waals surface area (Å²) in [7, 11) is 0. The van der Waals surface area contributed by atoms with Crippen molar-refractivity contribution in [3.8, 4) is 0 Å². The number of aromatic nitrogens is 1. The first-order valence-electron chi connectivity index (χ1n) is 7.78. The largest absolute Gasteiger partial charge is 0.481 e. The summed E-state index contributed by atoms with van der Waals surface area (Å²) in [6, 6.07) is 1.71. The molecule has 0 aromatic carbocycles. The second-order valence-electron chi connectivity index (χ2n) is 7.54. The van der Waals surface area contributed by atoms with Crippen molar-refractivity contribution in [2.45, 2.75) is 45.4 Å². The van der Waals surface area contributed by atoms with Crippen molar-refractivity contribution >= 4 is 17.7 Å². The summed E-state index contributed by atoms with van der Waals surface area (Å²) in [5, 5.41) is 16.0. The van der Waals surface area contributed by atoms with E-state index in [1.165, 1.54) is 0 Å². The molecule has 0 radical (unpaired) electrons. The third-order valence-corrected chi connectivity index (χ3v) is 5.00. The number of carbonyl (C=O) groups excluding carboxylic acids is 1. The lowest BCUT2D eigenvalue weighted by molar-refractivity contribution is -0.148. The molecule has 2 N–H and O–H groups in total. The summed E-state index contributed by atoms with van der Waals surface area (Å²) in [6.07, 6.45) is 2.71. The van der Waals surface area contributed by atoms with Crippen molar-refractivity contribution < 1.29 is 19.2 Å². The van der Waals surface area contributed by atoms with Crippen LogP contribution in [-0.4, -0.2) is 22.1 Å². The van der Waals surface area contributed by atoms with E-state index in [1.54, 1.807) is 6.07 Å². The number of hydrogen-bond donors (Lipinski definition) is 2. The molecule has 120 valence electrons. The molecule has 6 nitrogen and oxygen atoms in total. The van der Waals surface area contributed by atoms with E-state index in [4.69, 9.17) is 4.52 Å². The monoisotopic (exact) mass is 306 g/mol. The van der Waals surface area contributed by atoms with E-state index in [9.17, 15) is 14.7 Å². The van der Waals surface area contributed by atoms with Crippen LogP contribution in [0.25, 0.3) is 0 Å². The predicted molar refractivity (Wildman–Crippen MR) is 79.3 cm³/mol. The van der Waals surface area contributed by atoms with Gasteiger partial charge in [-0.05, 0) is 31.1 Å². The molecule has 1 heterocycles. The lowest BCUT2D eigenvalue weighted by atomic mass is 9.79. The van der Waals surface area contributed by atoms with Crippen LogP contribution in [0.1, 0.15) is 45.8 Å². The molecule has 2 fully saturated rings. The van der Waals surface area contributed by atoms with Crippen molar-refractivity contribution in [2.24, 2.45) is 23.7 Å². The topological polar surface area (TPSA) is 92.4 Å². The fourth-order valence-electron chi connectivity index (χ4n) is 3.92. The highest BCUT2D eigenvalue weighted by Gasteiger charge is 2.54. The SMILES string of the molecule is CC(C)(C)c1cc(NC(=O)[C@@H]2[C@@H]3CC[C@@H](C3)[C@@H]2C(=O)O)no1. The van der Waals surface area contributed by atoms with Gasteiger partial charge in [-0.25, -0.2) is 0 Å². The first-order valence-corrected chi connectivity index (χ1v) is 7.78. The van der Waals surface area contributed by atoms with Crippen molar-refractivity contribution in [1.29, 1.82) is 0 Å². The number of amides is 1. The Hall–Kier alpha value is -1.85. The minimum absolute atomic E-state index is 0.140. The normalized spacial score (nSPS) is 30.5. The molecule has 22 heavy (non-hydrogen) atoms. The van der Waals surface area contributed by atoms with Gasteiger partial charge < -0.3 is 14.9 Å². The second kappa shape index (κ2) is 5.11. The molecule has 1 aromatic rings. The summed E-state index contributed by atoms with van der Waals surface area (Å²) in [6.45, 7) is 5.99. The van der Waals surface area contributed by atoms with E-state index >= 15 is 0 Å². The fourth-order valence-corrected chi connectivity index (χ4v) is 3.92. The zero-order chi connectivity index (χ0) is 16.1. The van der Waals surface area contributed by atoms with Crippen molar-refractivity contribution in [3.05, 3.63) is 11.8 Å². The zero-order valence-electron chi connectivity index (χ0n) is 13.1. The van der Waals surface area contributed by atoms with Gasteiger partial charge in [-0.15, -0.1) is 0 Å². The van der Waals surface area contributed by atoms with E-state index < -0.39 is 17.8 Å². The van der Waals surface area contributed by atoms with Crippen molar-refractivity contribution in [2.75, 3.05) is 5.32 Å². The molecular weight excluding hydrogens is 284 g/mol. The number of aliphatic carboxylic acids is 1. The van der Waals surface area contributed by atoms with Crippen LogP contribution in [-0.2, 0) is 15.0 Å². The van der Waals surface area contributed by atoms with E-state index in [0.717, 1.165) is 19.3 Å². The highest BCUT2D eigenvalue weighted by molar-refractivity contribution is 5.95. The van der Waals surface area contributed by atoms with E-state index in [0.29, 0.717) is 11.6 Å². The minimum atomic E-state index is -0.858. The first kappa shape index (κ1) is 15.1. The molecule has 6 heteroatoms. The zero-order valence-corrected chi connectivity index (χ0v) is 13.1. The van der Waals surface area contributed by atoms with Gasteiger partial charge in [-0.1, -0.05) is 25.9 Å². The number of fused-ring (bicyclic) bond motifs is 2. The molecule has 4 atom stereocenters. The molecule has 1 aromatic heterocycles. The first-order chi connectivity index (χ1) is 10.3. The molecule has 2 aliphatic rings. The molecule has 3 rings (SSSR count). The molecule has 0 unspecified atom stereocenters. The van der Waals surface area contributed by atoms with E-state index in [1.807, 2.05) is 20.8 Å². The van der Waals surface area contributed by atoms with Gasteiger partial charge in [0.05, 0.1) is 11.8 Å². The lowest BCUT2D eigenvalue weighted by Crippen LogP contribution is -2.37. The Labute approximate surface area is 129 Å². The third kappa shape index (κ3) is 2.51. The Balaban J connectivity index is 1.74. The van der Waals surface area contributed by atoms with Crippen molar-refractivity contribution in [3.63, 3.8) is 0 Å². The quantitative estimate of drug-likeness (QED) is 0.895. The number of nitrogens with zero attached hydrogens (tertiary/aromatic N) is 1. The maximum absolute atomic E-state index is 12.5. The molecule has 2 aliphatic carbocycles. The Kier molecular flexibility index (Phi) is 3.50. The molecule has 0 saturated heterocycles. The molecule has 2 bridgehead atoms. The van der Waals surface area contributed by atoms with Crippen LogP contribution in [0.4, 0.5) is 5.82 Å². The van der Waals surface area contributed by atoms with Gasteiger partial charge in [-0.2, -0.15) is 0 Å². The van der Waals surface area contributed by atoms with Crippen LogP contribution in [0.15, 0.2) is 10.6 Å². The number of carbonyl (C=O) groups is 2. The minimum Gasteiger partial charge on any atom is -0.481 e. The number of carboxylic acid groups (broad SMARTS) is 1. The van der Waals surface area contributed by atoms with Gasteiger partial charge in [0.15, 0.2) is 5.82 Å². The maximum Gasteiger partial charge on any atom is 0.307 e. The average Bonchev–Trinajstić information content (AvgIpc) is 3.11. The van der Waals surface area contributed by atoms with E-state index in [-0.39, 0.29) is 23.2 Å². The summed E-state index contributed by atoms with van der Waals surface area (Å²) in [5.41, 5.74) is -0.188. The number of rotatable bonds is 3. The number of anilines is 1. The Morgan fingerprint density at radius 3 is 2.45 bits per heavy atom. The molecule has 1 amide bonds. The van der Waals surface area contributed by atoms with Gasteiger partial charge in [0.25, 0.3) is 0 Å². The van der Waals surface area contributed by atoms with Gasteiger partial charge in [0.2, 0.25) is 5.91 Å². The van der Waals surface area contributed by atoms with Crippen LogP contribution in [0.3, 0.4) is 0 Å². The predicted octanol–water partition coefficient (Wildman–Crippen LogP) is 2.66. The summed E-state index contributed by atoms with van der Waals surface area (Å²) < 4.78 is 5.25. The third-order valence-electron chi connectivity index (χ3n) is 5.00.